The number of benzene rings is 6. The fourth-order valence-corrected chi connectivity index (χ4v) is 6.32. The van der Waals surface area contributed by atoms with Crippen molar-refractivity contribution in [2.45, 2.75) is 16.7 Å². The molecule has 0 saturated carbocycles. The second-order valence-electron chi connectivity index (χ2n) is 11.0. The van der Waals surface area contributed by atoms with Crippen LogP contribution < -0.4 is 9.47 Å². The van der Waals surface area contributed by atoms with Gasteiger partial charge in [-0.3, -0.25) is 9.59 Å². The van der Waals surface area contributed by atoms with Gasteiger partial charge in [-0.05, 0) is 90.8 Å². The van der Waals surface area contributed by atoms with Crippen LogP contribution in [0.25, 0.3) is 11.1 Å². The summed E-state index contributed by atoms with van der Waals surface area (Å²) >= 11 is 0. The van der Waals surface area contributed by atoms with E-state index in [1.54, 1.807) is 60.7 Å². The molecule has 6 aromatic carbocycles. The summed E-state index contributed by atoms with van der Waals surface area (Å²) in [6.45, 7) is 1.99. The Kier molecular flexibility index (Phi) is 8.82. The number of methoxy groups -OCH3 is 1. The van der Waals surface area contributed by atoms with Crippen LogP contribution in [-0.4, -0.2) is 27.1 Å². The molecule has 0 heterocycles. The molecule has 0 saturated heterocycles. The number of ether oxygens (including phenoxy) is 2. The van der Waals surface area contributed by atoms with Gasteiger partial charge in [0.1, 0.15) is 17.2 Å². The van der Waals surface area contributed by atoms with Crippen molar-refractivity contribution >= 4 is 21.4 Å². The number of hydrogen-bond donors (Lipinski definition) is 0. The zero-order valence-corrected chi connectivity index (χ0v) is 26.5. The molecule has 0 spiro atoms. The van der Waals surface area contributed by atoms with Gasteiger partial charge in [0.05, 0.1) is 16.9 Å². The maximum atomic E-state index is 13.2. The van der Waals surface area contributed by atoms with Gasteiger partial charge < -0.3 is 9.47 Å². The standard InChI is InChI=1S/C40H30O6S/c1-27-3-5-30(6-4-27)39(41)31-11-7-28(8-12-31)29-9-13-32(14-10-29)40(42)33-15-17-35(18-16-33)46-36-21-25-38(26-22-36)47(43,44)37-23-19-34(45-2)20-24-37/h3-26H,1-2H3. The van der Waals surface area contributed by atoms with Gasteiger partial charge in [-0.15, -0.1) is 0 Å². The molecule has 0 bridgehead atoms. The Bertz CT molecular complexity index is 2130. The lowest BCUT2D eigenvalue weighted by Crippen LogP contribution is -2.02. The first kappa shape index (κ1) is 31.2. The van der Waals surface area contributed by atoms with Gasteiger partial charge in [0.15, 0.2) is 11.6 Å². The van der Waals surface area contributed by atoms with Crippen LogP contribution in [0.5, 0.6) is 17.2 Å². The van der Waals surface area contributed by atoms with Crippen LogP contribution in [0.15, 0.2) is 155 Å². The van der Waals surface area contributed by atoms with Crippen molar-refractivity contribution in [3.05, 3.63) is 173 Å². The number of sulfone groups is 1. The van der Waals surface area contributed by atoms with Gasteiger partial charge in [-0.25, -0.2) is 8.42 Å². The molecule has 0 aromatic heterocycles. The molecular formula is C40H30O6S. The molecule has 0 amide bonds. The van der Waals surface area contributed by atoms with E-state index < -0.39 is 9.84 Å². The summed E-state index contributed by atoms with van der Waals surface area (Å²) in [4.78, 5) is 26.3. The molecule has 6 nitrogen and oxygen atoms in total. The number of carbonyl (C=O) groups excluding carboxylic acids is 2. The topological polar surface area (TPSA) is 86.7 Å². The van der Waals surface area contributed by atoms with Crippen molar-refractivity contribution in [3.8, 4) is 28.4 Å². The van der Waals surface area contributed by atoms with Crippen molar-refractivity contribution in [3.63, 3.8) is 0 Å². The van der Waals surface area contributed by atoms with Crippen LogP contribution in [0.2, 0.25) is 0 Å². The largest absolute Gasteiger partial charge is 0.497 e. The fraction of sp³-hybridized carbons (Fsp3) is 0.0500. The van der Waals surface area contributed by atoms with Crippen molar-refractivity contribution in [1.29, 1.82) is 0 Å². The highest BCUT2D eigenvalue weighted by atomic mass is 32.2. The second kappa shape index (κ2) is 13.3. The Morgan fingerprint density at radius 1 is 0.447 bits per heavy atom. The number of rotatable bonds is 10. The zero-order valence-electron chi connectivity index (χ0n) is 25.7. The molecule has 0 N–H and O–H groups in total. The molecule has 232 valence electrons. The maximum Gasteiger partial charge on any atom is 0.206 e. The molecular weight excluding hydrogens is 609 g/mol. The van der Waals surface area contributed by atoms with E-state index in [0.717, 1.165) is 16.7 Å². The highest BCUT2D eigenvalue weighted by Crippen LogP contribution is 2.28. The minimum Gasteiger partial charge on any atom is -0.497 e. The van der Waals surface area contributed by atoms with E-state index >= 15 is 0 Å². The number of carbonyl (C=O) groups is 2. The van der Waals surface area contributed by atoms with Crippen LogP contribution in [0.1, 0.15) is 37.4 Å². The Hall–Kier alpha value is -5.79. The van der Waals surface area contributed by atoms with Crippen LogP contribution in [0.4, 0.5) is 0 Å². The smallest absolute Gasteiger partial charge is 0.206 e. The van der Waals surface area contributed by atoms with Crippen molar-refractivity contribution in [2.75, 3.05) is 7.11 Å². The summed E-state index contributed by atoms with van der Waals surface area (Å²) in [5, 5.41) is 0. The first-order chi connectivity index (χ1) is 22.7. The maximum absolute atomic E-state index is 13.2. The number of ketones is 2. The van der Waals surface area contributed by atoms with Gasteiger partial charge in [0, 0.05) is 22.3 Å². The third-order valence-electron chi connectivity index (χ3n) is 7.80. The Labute approximate surface area is 273 Å². The fourth-order valence-electron chi connectivity index (χ4n) is 5.05. The second-order valence-corrected chi connectivity index (χ2v) is 12.9. The number of hydrogen-bond acceptors (Lipinski definition) is 6. The molecule has 6 aromatic rings. The van der Waals surface area contributed by atoms with E-state index in [4.69, 9.17) is 9.47 Å². The summed E-state index contributed by atoms with van der Waals surface area (Å²) in [6, 6.07) is 41.5. The Morgan fingerprint density at radius 2 is 0.766 bits per heavy atom. The average molecular weight is 639 g/mol. The van der Waals surface area contributed by atoms with Crippen molar-refractivity contribution < 1.29 is 27.5 Å². The van der Waals surface area contributed by atoms with E-state index in [2.05, 4.69) is 0 Å². The van der Waals surface area contributed by atoms with Crippen LogP contribution in [0.3, 0.4) is 0 Å². The van der Waals surface area contributed by atoms with Crippen LogP contribution in [-0.2, 0) is 9.84 Å². The molecule has 7 heteroatoms. The minimum absolute atomic E-state index is 0.0250. The quantitative estimate of drug-likeness (QED) is 0.140. The van der Waals surface area contributed by atoms with Crippen LogP contribution >= 0.6 is 0 Å². The molecule has 6 rings (SSSR count). The van der Waals surface area contributed by atoms with E-state index in [-0.39, 0.29) is 21.4 Å². The third-order valence-corrected chi connectivity index (χ3v) is 9.58. The van der Waals surface area contributed by atoms with Gasteiger partial charge in [0.25, 0.3) is 0 Å². The third kappa shape index (κ3) is 6.90. The molecule has 0 aliphatic rings. The van der Waals surface area contributed by atoms with Gasteiger partial charge in [0.2, 0.25) is 9.84 Å². The Morgan fingerprint density at radius 3 is 1.15 bits per heavy atom. The normalized spacial score (nSPS) is 11.1. The lowest BCUT2D eigenvalue weighted by Gasteiger charge is -2.09. The highest BCUT2D eigenvalue weighted by Gasteiger charge is 2.18. The Balaban J connectivity index is 1.08. The predicted octanol–water partition coefficient (Wildman–Crippen LogP) is 8.76. The van der Waals surface area contributed by atoms with E-state index in [9.17, 15) is 18.0 Å². The average Bonchev–Trinajstić information content (AvgIpc) is 3.12. The summed E-state index contributed by atoms with van der Waals surface area (Å²) in [5.74, 6) is 1.39. The monoisotopic (exact) mass is 638 g/mol. The van der Waals surface area contributed by atoms with Crippen molar-refractivity contribution in [2.24, 2.45) is 0 Å². The molecule has 0 aliphatic heterocycles. The SMILES string of the molecule is COc1ccc(S(=O)(=O)c2ccc(Oc3ccc(C(=O)c4ccc(-c5ccc(C(=O)c6ccc(C)cc6)cc5)cc4)cc3)cc2)cc1. The molecule has 47 heavy (non-hydrogen) atoms. The highest BCUT2D eigenvalue weighted by molar-refractivity contribution is 7.91. The zero-order chi connectivity index (χ0) is 33.0. The van der Waals surface area contributed by atoms with Gasteiger partial charge in [-0.1, -0.05) is 78.4 Å². The van der Waals surface area contributed by atoms with E-state index in [1.807, 2.05) is 67.6 Å². The minimum atomic E-state index is -3.69. The lowest BCUT2D eigenvalue weighted by atomic mass is 9.97. The van der Waals surface area contributed by atoms with Gasteiger partial charge >= 0.3 is 0 Å². The van der Waals surface area contributed by atoms with Crippen LogP contribution in [0, 0.1) is 6.92 Å². The number of aryl methyl sites for hydroxylation is 1. The van der Waals surface area contributed by atoms with E-state index in [1.165, 1.54) is 31.4 Å². The summed E-state index contributed by atoms with van der Waals surface area (Å²) < 4.78 is 37.0. The summed E-state index contributed by atoms with van der Waals surface area (Å²) in [6.07, 6.45) is 0. The summed E-state index contributed by atoms with van der Waals surface area (Å²) in [7, 11) is -2.17. The molecule has 0 aliphatic carbocycles. The molecule has 0 fully saturated rings. The van der Waals surface area contributed by atoms with E-state index in [0.29, 0.717) is 39.5 Å². The molecule has 0 unspecified atom stereocenters. The first-order valence-electron chi connectivity index (χ1n) is 14.8. The molecule has 0 radical (unpaired) electrons. The summed E-state index contributed by atoms with van der Waals surface area (Å²) in [5.41, 5.74) is 5.30. The first-order valence-corrected chi connectivity index (χ1v) is 16.3. The van der Waals surface area contributed by atoms with Crippen molar-refractivity contribution in [1.82, 2.24) is 0 Å². The molecule has 0 atom stereocenters. The van der Waals surface area contributed by atoms with Gasteiger partial charge in [-0.2, -0.15) is 0 Å². The lowest BCUT2D eigenvalue weighted by molar-refractivity contribution is 0.103. The predicted molar refractivity (Wildman–Crippen MR) is 181 cm³/mol.